The Balaban J connectivity index is 1.59. The van der Waals surface area contributed by atoms with Gasteiger partial charge in [0.1, 0.15) is 5.75 Å². The lowest BCUT2D eigenvalue weighted by Crippen LogP contribution is -2.37. The highest BCUT2D eigenvalue weighted by molar-refractivity contribution is 7.99. The van der Waals surface area contributed by atoms with Crippen molar-refractivity contribution in [2.24, 2.45) is 0 Å². The van der Waals surface area contributed by atoms with Crippen molar-refractivity contribution in [1.29, 1.82) is 0 Å². The molecule has 29 heavy (non-hydrogen) atoms. The van der Waals surface area contributed by atoms with Crippen LogP contribution in [0.1, 0.15) is 63.4 Å². The molecule has 8 heteroatoms. The third-order valence-corrected chi connectivity index (χ3v) is 6.56. The predicted molar refractivity (Wildman–Crippen MR) is 117 cm³/mol. The maximum absolute atomic E-state index is 12.3. The number of rotatable bonds is 8. The van der Waals surface area contributed by atoms with Crippen LogP contribution in [0.3, 0.4) is 0 Å². The first-order valence-electron chi connectivity index (χ1n) is 10.3. The fraction of sp³-hybridized carbons (Fsp3) is 0.571. The van der Waals surface area contributed by atoms with Gasteiger partial charge < -0.3 is 14.6 Å². The number of hydrogen-bond acceptors (Lipinski definition) is 5. The molecule has 0 spiro atoms. The number of nitrogens with one attached hydrogen (secondary N) is 1. The van der Waals surface area contributed by atoms with Crippen LogP contribution in [0.15, 0.2) is 23.4 Å². The number of halogens is 1. The summed E-state index contributed by atoms with van der Waals surface area (Å²) in [4.78, 5) is 12.3. The molecule has 1 fully saturated rings. The maximum atomic E-state index is 12.3. The molecule has 158 valence electrons. The summed E-state index contributed by atoms with van der Waals surface area (Å²) in [5.74, 6) is 1.90. The Morgan fingerprint density at radius 1 is 1.34 bits per heavy atom. The molecule has 1 atom stereocenters. The molecule has 1 amide bonds. The van der Waals surface area contributed by atoms with Crippen molar-refractivity contribution in [3.63, 3.8) is 0 Å². The molecule has 0 radical (unpaired) electrons. The van der Waals surface area contributed by atoms with Crippen LogP contribution < -0.4 is 10.1 Å². The second-order valence-electron chi connectivity index (χ2n) is 7.45. The number of amides is 1. The van der Waals surface area contributed by atoms with Crippen LogP contribution in [-0.4, -0.2) is 32.5 Å². The molecule has 1 saturated carbocycles. The fourth-order valence-corrected chi connectivity index (χ4v) is 4.54. The van der Waals surface area contributed by atoms with Gasteiger partial charge in [-0.3, -0.25) is 4.79 Å². The number of ether oxygens (including phenoxy) is 1. The lowest BCUT2D eigenvalue weighted by Gasteiger charge is -2.22. The molecular formula is C21H29ClN4O2S. The highest BCUT2D eigenvalue weighted by Crippen LogP contribution is 2.27. The van der Waals surface area contributed by atoms with Crippen molar-refractivity contribution < 1.29 is 9.53 Å². The van der Waals surface area contributed by atoms with Crippen LogP contribution in [0.25, 0.3) is 0 Å². The molecule has 1 aromatic heterocycles. The second kappa shape index (κ2) is 10.3. The molecule has 1 unspecified atom stereocenters. The zero-order valence-corrected chi connectivity index (χ0v) is 18.9. The normalized spacial score (nSPS) is 15.9. The standard InChI is InChI=1S/C21H29ClN4O2S/c1-4-26-20(15(3)28-17-10-11-18(22)14(2)12-17)24-25-21(26)29-13-19(27)23-16-8-6-5-7-9-16/h10-12,15-16H,4-9,13H2,1-3H3,(H,23,27). The van der Waals surface area contributed by atoms with Gasteiger partial charge in [-0.2, -0.15) is 0 Å². The first kappa shape index (κ1) is 22.0. The summed E-state index contributed by atoms with van der Waals surface area (Å²) in [5.41, 5.74) is 0.966. The van der Waals surface area contributed by atoms with E-state index in [9.17, 15) is 4.79 Å². The molecule has 1 aromatic carbocycles. The Morgan fingerprint density at radius 3 is 2.79 bits per heavy atom. The monoisotopic (exact) mass is 436 g/mol. The van der Waals surface area contributed by atoms with Crippen molar-refractivity contribution in [3.05, 3.63) is 34.6 Å². The van der Waals surface area contributed by atoms with E-state index in [1.165, 1.54) is 31.0 Å². The lowest BCUT2D eigenvalue weighted by atomic mass is 9.95. The molecule has 2 aromatic rings. The first-order valence-corrected chi connectivity index (χ1v) is 11.6. The highest BCUT2D eigenvalue weighted by Gasteiger charge is 2.21. The third kappa shape index (κ3) is 5.89. The summed E-state index contributed by atoms with van der Waals surface area (Å²) >= 11 is 7.51. The van der Waals surface area contributed by atoms with E-state index in [-0.39, 0.29) is 12.0 Å². The molecule has 0 bridgehead atoms. The molecule has 1 heterocycles. The van der Waals surface area contributed by atoms with Gasteiger partial charge in [0.25, 0.3) is 0 Å². The summed E-state index contributed by atoms with van der Waals surface area (Å²) in [7, 11) is 0. The number of nitrogens with zero attached hydrogens (tertiary/aromatic N) is 3. The summed E-state index contributed by atoms with van der Waals surface area (Å²) < 4.78 is 8.05. The number of aryl methyl sites for hydroxylation is 1. The number of thioether (sulfide) groups is 1. The average molecular weight is 437 g/mol. The van der Waals surface area contributed by atoms with Gasteiger partial charge in [-0.15, -0.1) is 10.2 Å². The van der Waals surface area contributed by atoms with Crippen molar-refractivity contribution in [1.82, 2.24) is 20.1 Å². The smallest absolute Gasteiger partial charge is 0.230 e. The van der Waals surface area contributed by atoms with Crippen LogP contribution in [0.5, 0.6) is 5.75 Å². The second-order valence-corrected chi connectivity index (χ2v) is 8.80. The zero-order valence-electron chi connectivity index (χ0n) is 17.3. The van der Waals surface area contributed by atoms with Crippen LogP contribution in [-0.2, 0) is 11.3 Å². The van der Waals surface area contributed by atoms with E-state index < -0.39 is 0 Å². The SMILES string of the molecule is CCn1c(SCC(=O)NC2CCCCC2)nnc1C(C)Oc1ccc(Cl)c(C)c1. The van der Waals surface area contributed by atoms with Gasteiger partial charge in [0.05, 0.1) is 5.75 Å². The van der Waals surface area contributed by atoms with Crippen LogP contribution >= 0.6 is 23.4 Å². The molecule has 1 N–H and O–H groups in total. The molecular weight excluding hydrogens is 408 g/mol. The van der Waals surface area contributed by atoms with Gasteiger partial charge in [-0.1, -0.05) is 42.6 Å². The Bertz CT molecular complexity index is 836. The van der Waals surface area contributed by atoms with Gasteiger partial charge in [0, 0.05) is 17.6 Å². The Labute approximate surface area is 181 Å². The van der Waals surface area contributed by atoms with Crippen molar-refractivity contribution in [2.75, 3.05) is 5.75 Å². The zero-order chi connectivity index (χ0) is 20.8. The van der Waals surface area contributed by atoms with Gasteiger partial charge in [0.2, 0.25) is 5.91 Å². The Morgan fingerprint density at radius 2 is 2.10 bits per heavy atom. The lowest BCUT2D eigenvalue weighted by molar-refractivity contribution is -0.119. The summed E-state index contributed by atoms with van der Waals surface area (Å²) in [6.07, 6.45) is 5.59. The maximum Gasteiger partial charge on any atom is 0.230 e. The molecule has 3 rings (SSSR count). The van der Waals surface area contributed by atoms with Gasteiger partial charge >= 0.3 is 0 Å². The van der Waals surface area contributed by atoms with Crippen LogP contribution in [0.4, 0.5) is 0 Å². The number of hydrogen-bond donors (Lipinski definition) is 1. The van der Waals surface area contributed by atoms with E-state index in [1.807, 2.05) is 43.5 Å². The predicted octanol–water partition coefficient (Wildman–Crippen LogP) is 4.94. The quantitative estimate of drug-likeness (QED) is 0.593. The highest BCUT2D eigenvalue weighted by atomic mass is 35.5. The van der Waals surface area contributed by atoms with Crippen LogP contribution in [0.2, 0.25) is 5.02 Å². The first-order chi connectivity index (χ1) is 14.0. The van der Waals surface area contributed by atoms with Crippen molar-refractivity contribution in [3.8, 4) is 5.75 Å². The van der Waals surface area contributed by atoms with E-state index in [4.69, 9.17) is 16.3 Å². The van der Waals surface area contributed by atoms with Crippen molar-refractivity contribution in [2.45, 2.75) is 76.7 Å². The molecule has 0 saturated heterocycles. The topological polar surface area (TPSA) is 69.0 Å². The third-order valence-electron chi connectivity index (χ3n) is 5.17. The molecule has 0 aliphatic heterocycles. The van der Waals surface area contributed by atoms with Gasteiger partial charge in [-0.05, 0) is 57.4 Å². The van der Waals surface area contributed by atoms with Gasteiger partial charge in [-0.25, -0.2) is 0 Å². The van der Waals surface area contributed by atoms with Gasteiger partial charge in [0.15, 0.2) is 17.1 Å². The Hall–Kier alpha value is -1.73. The Kier molecular flexibility index (Phi) is 7.84. The molecule has 1 aliphatic carbocycles. The minimum absolute atomic E-state index is 0.0649. The summed E-state index contributed by atoms with van der Waals surface area (Å²) in [5, 5.41) is 13.2. The number of carbonyl (C=O) groups excluding carboxylic acids is 1. The number of benzene rings is 1. The van der Waals surface area contributed by atoms with E-state index >= 15 is 0 Å². The van der Waals surface area contributed by atoms with E-state index in [0.29, 0.717) is 23.4 Å². The number of aromatic nitrogens is 3. The fourth-order valence-electron chi connectivity index (χ4n) is 3.60. The van der Waals surface area contributed by atoms with E-state index in [2.05, 4.69) is 15.5 Å². The van der Waals surface area contributed by atoms with E-state index in [1.54, 1.807) is 0 Å². The molecule has 6 nitrogen and oxygen atoms in total. The summed E-state index contributed by atoms with van der Waals surface area (Å²) in [6.45, 7) is 6.65. The molecule has 1 aliphatic rings. The van der Waals surface area contributed by atoms with Crippen molar-refractivity contribution >= 4 is 29.3 Å². The average Bonchev–Trinajstić information content (AvgIpc) is 3.13. The summed E-state index contributed by atoms with van der Waals surface area (Å²) in [6, 6.07) is 5.92. The minimum Gasteiger partial charge on any atom is -0.483 e. The number of carbonyl (C=O) groups is 1. The largest absolute Gasteiger partial charge is 0.483 e. The van der Waals surface area contributed by atoms with E-state index in [0.717, 1.165) is 35.1 Å². The van der Waals surface area contributed by atoms with Crippen LogP contribution in [0, 0.1) is 6.92 Å². The minimum atomic E-state index is -0.270.